The predicted octanol–water partition coefficient (Wildman–Crippen LogP) is 2.90. The Kier molecular flexibility index (Phi) is 3.95. The lowest BCUT2D eigenvalue weighted by Gasteiger charge is -2.22. The van der Waals surface area contributed by atoms with Gasteiger partial charge in [-0.15, -0.1) is 0 Å². The van der Waals surface area contributed by atoms with Crippen LogP contribution in [0.25, 0.3) is 0 Å². The summed E-state index contributed by atoms with van der Waals surface area (Å²) in [6.45, 7) is 5.21. The van der Waals surface area contributed by atoms with Crippen molar-refractivity contribution in [2.24, 2.45) is 0 Å². The summed E-state index contributed by atoms with van der Waals surface area (Å²) in [4.78, 5) is 48.9. The molecule has 0 saturated carbocycles. The van der Waals surface area contributed by atoms with Crippen molar-refractivity contribution in [1.29, 1.82) is 0 Å². The van der Waals surface area contributed by atoms with Crippen LogP contribution in [-0.2, 0) is 0 Å². The molecule has 0 radical (unpaired) electrons. The zero-order chi connectivity index (χ0) is 19.2. The minimum atomic E-state index is -0.782. The number of carbonyl (C=O) groups is 3. The first-order valence-electron chi connectivity index (χ1n) is 7.94. The number of benzene rings is 2. The van der Waals surface area contributed by atoms with E-state index in [1.165, 1.54) is 24.3 Å². The number of fused-ring (bicyclic) bond motifs is 2. The maximum Gasteiger partial charge on any atom is 0.294 e. The summed E-state index contributed by atoms with van der Waals surface area (Å²) in [6, 6.07) is 8.67. The highest BCUT2D eigenvalue weighted by Crippen LogP contribution is 2.35. The minimum Gasteiger partial charge on any atom is -0.347 e. The molecule has 1 N–H and O–H groups in total. The Bertz CT molecular complexity index is 986. The van der Waals surface area contributed by atoms with Crippen LogP contribution in [0, 0.1) is 10.1 Å². The minimum absolute atomic E-state index is 0.0623. The van der Waals surface area contributed by atoms with Crippen LogP contribution >= 0.6 is 0 Å². The fourth-order valence-electron chi connectivity index (χ4n) is 2.95. The number of nitro benzene ring substituents is 1. The first-order chi connectivity index (χ1) is 12.1. The van der Waals surface area contributed by atoms with Gasteiger partial charge in [-0.1, -0.05) is 24.3 Å². The van der Waals surface area contributed by atoms with Gasteiger partial charge in [-0.2, -0.15) is 0 Å². The Morgan fingerprint density at radius 2 is 1.54 bits per heavy atom. The number of rotatable bonds is 2. The van der Waals surface area contributed by atoms with Crippen LogP contribution in [0.15, 0.2) is 36.4 Å². The molecule has 7 heteroatoms. The van der Waals surface area contributed by atoms with E-state index in [0.29, 0.717) is 0 Å². The molecule has 0 fully saturated rings. The van der Waals surface area contributed by atoms with E-state index < -0.39 is 33.6 Å². The second-order valence-corrected chi connectivity index (χ2v) is 7.05. The van der Waals surface area contributed by atoms with Gasteiger partial charge in [0.1, 0.15) is 11.1 Å². The number of hydrogen-bond donors (Lipinski definition) is 1. The number of nitrogens with zero attached hydrogens (tertiary/aromatic N) is 1. The summed E-state index contributed by atoms with van der Waals surface area (Å²) >= 11 is 0. The molecule has 0 atom stereocenters. The third kappa shape index (κ3) is 2.77. The largest absolute Gasteiger partial charge is 0.347 e. The molecule has 0 aliphatic heterocycles. The fraction of sp³-hybridized carbons (Fsp3) is 0.211. The van der Waals surface area contributed by atoms with Gasteiger partial charge < -0.3 is 5.32 Å². The lowest BCUT2D eigenvalue weighted by molar-refractivity contribution is -0.385. The molecule has 3 rings (SSSR count). The van der Waals surface area contributed by atoms with Gasteiger partial charge >= 0.3 is 0 Å². The van der Waals surface area contributed by atoms with Gasteiger partial charge in [0.05, 0.1) is 4.92 Å². The Balaban J connectivity index is 2.26. The van der Waals surface area contributed by atoms with Gasteiger partial charge in [-0.3, -0.25) is 24.5 Å². The number of ketones is 2. The van der Waals surface area contributed by atoms with Crippen molar-refractivity contribution in [1.82, 2.24) is 5.32 Å². The van der Waals surface area contributed by atoms with Gasteiger partial charge in [0.25, 0.3) is 11.6 Å². The molecule has 1 aliphatic rings. The summed E-state index contributed by atoms with van der Waals surface area (Å²) in [7, 11) is 0. The first-order valence-corrected chi connectivity index (χ1v) is 7.94. The van der Waals surface area contributed by atoms with Crippen molar-refractivity contribution >= 4 is 23.2 Å². The highest BCUT2D eigenvalue weighted by molar-refractivity contribution is 6.30. The van der Waals surface area contributed by atoms with Crippen molar-refractivity contribution in [2.75, 3.05) is 0 Å². The molecule has 1 aliphatic carbocycles. The van der Waals surface area contributed by atoms with Crippen LogP contribution in [0.2, 0.25) is 0 Å². The van der Waals surface area contributed by atoms with Gasteiger partial charge in [-0.05, 0) is 32.9 Å². The van der Waals surface area contributed by atoms with E-state index >= 15 is 0 Å². The molecule has 0 heterocycles. The zero-order valence-corrected chi connectivity index (χ0v) is 14.5. The van der Waals surface area contributed by atoms with Crippen LogP contribution in [-0.4, -0.2) is 27.9 Å². The normalized spacial score (nSPS) is 13.0. The van der Waals surface area contributed by atoms with Crippen LogP contribution < -0.4 is 5.32 Å². The lowest BCUT2D eigenvalue weighted by Crippen LogP contribution is -2.41. The standard InChI is InChI=1S/C19H16N2O5/c1-19(2,3)20-18(24)13-9-8-12-14(15(13)21(25)26)17(23)11-7-5-4-6-10(11)16(12)22/h4-9H,1-3H3,(H,20,24). The third-order valence-corrected chi connectivity index (χ3v) is 3.98. The molecule has 0 saturated heterocycles. The Morgan fingerprint density at radius 3 is 2.08 bits per heavy atom. The van der Waals surface area contributed by atoms with Crippen molar-refractivity contribution in [3.8, 4) is 0 Å². The van der Waals surface area contributed by atoms with Gasteiger partial charge in [0.15, 0.2) is 5.78 Å². The summed E-state index contributed by atoms with van der Waals surface area (Å²) < 4.78 is 0. The molecule has 2 aromatic carbocycles. The van der Waals surface area contributed by atoms with Gasteiger partial charge in [-0.25, -0.2) is 0 Å². The van der Waals surface area contributed by atoms with E-state index in [9.17, 15) is 24.5 Å². The van der Waals surface area contributed by atoms with Crippen LogP contribution in [0.5, 0.6) is 0 Å². The Morgan fingerprint density at radius 1 is 0.962 bits per heavy atom. The predicted molar refractivity (Wildman–Crippen MR) is 93.6 cm³/mol. The van der Waals surface area contributed by atoms with Crippen LogP contribution in [0.4, 0.5) is 5.69 Å². The van der Waals surface area contributed by atoms with E-state index in [-0.39, 0.29) is 27.8 Å². The van der Waals surface area contributed by atoms with E-state index in [1.54, 1.807) is 32.9 Å². The number of nitrogens with one attached hydrogen (secondary N) is 1. The van der Waals surface area contributed by atoms with Crippen LogP contribution in [0.1, 0.15) is 63.0 Å². The molecule has 0 spiro atoms. The van der Waals surface area contributed by atoms with Crippen molar-refractivity contribution in [2.45, 2.75) is 26.3 Å². The molecule has 26 heavy (non-hydrogen) atoms. The van der Waals surface area contributed by atoms with Gasteiger partial charge in [0, 0.05) is 22.2 Å². The monoisotopic (exact) mass is 352 g/mol. The summed E-state index contributed by atoms with van der Waals surface area (Å²) in [6.07, 6.45) is 0. The molecule has 7 nitrogen and oxygen atoms in total. The topological polar surface area (TPSA) is 106 Å². The van der Waals surface area contributed by atoms with Crippen LogP contribution in [0.3, 0.4) is 0 Å². The number of hydrogen-bond acceptors (Lipinski definition) is 5. The van der Waals surface area contributed by atoms with Crippen molar-refractivity contribution < 1.29 is 19.3 Å². The summed E-state index contributed by atoms with van der Waals surface area (Å²) in [5.74, 6) is -1.78. The van der Waals surface area contributed by atoms with E-state index in [4.69, 9.17) is 0 Å². The highest BCUT2D eigenvalue weighted by atomic mass is 16.6. The molecular formula is C19H16N2O5. The molecular weight excluding hydrogens is 336 g/mol. The smallest absolute Gasteiger partial charge is 0.294 e. The summed E-state index contributed by atoms with van der Waals surface area (Å²) in [5, 5.41) is 14.3. The Labute approximate surface area is 149 Å². The molecule has 0 bridgehead atoms. The number of nitro groups is 1. The van der Waals surface area contributed by atoms with Gasteiger partial charge in [0.2, 0.25) is 5.78 Å². The molecule has 2 aromatic rings. The molecule has 132 valence electrons. The number of amides is 1. The maximum absolute atomic E-state index is 12.9. The zero-order valence-electron chi connectivity index (χ0n) is 14.5. The second kappa shape index (κ2) is 5.87. The van der Waals surface area contributed by atoms with Crippen molar-refractivity contribution in [3.63, 3.8) is 0 Å². The number of carbonyl (C=O) groups excluding carboxylic acids is 3. The SMILES string of the molecule is CC(C)(C)NC(=O)c1ccc2c(c1[N+](=O)[O-])C(=O)c1ccccc1C2=O. The average Bonchev–Trinajstić information content (AvgIpc) is 2.56. The van der Waals surface area contributed by atoms with E-state index in [2.05, 4.69) is 5.32 Å². The van der Waals surface area contributed by atoms with Crippen molar-refractivity contribution in [3.05, 3.63) is 74.3 Å². The first kappa shape index (κ1) is 17.5. The quantitative estimate of drug-likeness (QED) is 0.564. The fourth-order valence-corrected chi connectivity index (χ4v) is 2.95. The molecule has 0 aromatic heterocycles. The Hall–Kier alpha value is -3.35. The van der Waals surface area contributed by atoms with E-state index in [1.807, 2.05) is 0 Å². The molecule has 1 amide bonds. The molecule has 0 unspecified atom stereocenters. The maximum atomic E-state index is 12.9. The summed E-state index contributed by atoms with van der Waals surface area (Å²) in [5.41, 5.74) is -1.60. The lowest BCUT2D eigenvalue weighted by atomic mass is 9.82. The third-order valence-electron chi connectivity index (χ3n) is 3.98. The van der Waals surface area contributed by atoms with E-state index in [0.717, 1.165) is 0 Å². The average molecular weight is 352 g/mol. The second-order valence-electron chi connectivity index (χ2n) is 7.05. The highest BCUT2D eigenvalue weighted by Gasteiger charge is 2.38.